The minimum atomic E-state index is -3.13. The number of benzene rings is 1. The van der Waals surface area contributed by atoms with Crippen molar-refractivity contribution in [2.24, 2.45) is 0 Å². The highest BCUT2D eigenvalue weighted by Crippen LogP contribution is 2.18. The van der Waals surface area contributed by atoms with Gasteiger partial charge in [-0.2, -0.15) is 0 Å². The number of hydrogen-bond donors (Lipinski definition) is 1. The van der Waals surface area contributed by atoms with Crippen molar-refractivity contribution < 1.29 is 13.3 Å². The largest absolute Gasteiger partial charge is 0.393 e. The van der Waals surface area contributed by atoms with E-state index in [-0.39, 0.29) is 11.4 Å². The van der Waals surface area contributed by atoms with Crippen LogP contribution < -0.4 is 5.73 Å². The molecule has 0 aliphatic rings. The van der Waals surface area contributed by atoms with Crippen LogP contribution in [0, 0.1) is 10.1 Å². The molecule has 0 saturated heterocycles. The molecule has 96 valence electrons. The van der Waals surface area contributed by atoms with Crippen LogP contribution in [0.2, 0.25) is 0 Å². The van der Waals surface area contributed by atoms with Gasteiger partial charge >= 0.3 is 0 Å². The Morgan fingerprint density at radius 2 is 1.71 bits per heavy atom. The average Bonchev–Trinajstić information content (AvgIpc) is 2.30. The molecule has 1 aromatic carbocycles. The highest BCUT2D eigenvalue weighted by atomic mass is 35.5. The lowest BCUT2D eigenvalue weighted by Crippen LogP contribution is -2.00. The summed E-state index contributed by atoms with van der Waals surface area (Å²) in [5, 5.41) is 9.36. The number of nitrogen functional groups attached to an aromatic ring is 1. The third kappa shape index (κ3) is 6.30. The van der Waals surface area contributed by atoms with E-state index in [1.807, 2.05) is 0 Å². The van der Waals surface area contributed by atoms with E-state index in [1.54, 1.807) is 12.1 Å². The van der Waals surface area contributed by atoms with Crippen molar-refractivity contribution in [2.75, 3.05) is 16.2 Å². The van der Waals surface area contributed by atoms with Gasteiger partial charge < -0.3 is 5.73 Å². The van der Waals surface area contributed by atoms with Crippen LogP contribution in [0.4, 0.5) is 11.4 Å². The second-order valence-electron chi connectivity index (χ2n) is 2.78. The van der Waals surface area contributed by atoms with E-state index in [0.717, 1.165) is 0 Å². The van der Waals surface area contributed by atoms with Gasteiger partial charge in [-0.05, 0) is 6.07 Å². The summed E-state index contributed by atoms with van der Waals surface area (Å²) in [6, 6.07) is 6.10. The minimum Gasteiger partial charge on any atom is -0.393 e. The molecule has 9 heteroatoms. The lowest BCUT2D eigenvalue weighted by atomic mass is 10.3. The van der Waals surface area contributed by atoms with Gasteiger partial charge in [0.2, 0.25) is 0 Å². The number of rotatable bonds is 3. The fraction of sp³-hybridized carbons (Fsp3) is 0.250. The third-order valence-electron chi connectivity index (χ3n) is 1.47. The molecular weight excluding hydrogens is 291 g/mol. The Morgan fingerprint density at radius 3 is 1.94 bits per heavy atom. The number of anilines is 1. The molecule has 0 spiro atoms. The molecular formula is C8H10Cl2N2O4S. The summed E-state index contributed by atoms with van der Waals surface area (Å²) in [7, 11) is -3.13. The van der Waals surface area contributed by atoms with Gasteiger partial charge in [0.15, 0.2) is 9.84 Å². The Bertz CT molecular complexity index is 468. The van der Waals surface area contributed by atoms with Gasteiger partial charge in [-0.25, -0.2) is 8.42 Å². The highest BCUT2D eigenvalue weighted by molar-refractivity contribution is 7.93. The number of nitro groups is 1. The van der Waals surface area contributed by atoms with Crippen LogP contribution >= 0.6 is 23.2 Å². The number of nitrogens with zero attached hydrogens (tertiary/aromatic N) is 1. The Morgan fingerprint density at radius 1 is 1.24 bits per heavy atom. The van der Waals surface area contributed by atoms with Gasteiger partial charge in [0.25, 0.3) is 5.69 Å². The fourth-order valence-electron chi connectivity index (χ4n) is 0.683. The molecule has 0 saturated carbocycles. The molecule has 0 aliphatic heterocycles. The first-order valence-electron chi connectivity index (χ1n) is 4.15. The zero-order valence-corrected chi connectivity index (χ0v) is 10.9. The smallest absolute Gasteiger partial charge is 0.292 e. The van der Waals surface area contributed by atoms with E-state index < -0.39 is 25.2 Å². The monoisotopic (exact) mass is 300 g/mol. The quantitative estimate of drug-likeness (QED) is 0.398. The summed E-state index contributed by atoms with van der Waals surface area (Å²) in [6.07, 6.45) is 0. The molecule has 17 heavy (non-hydrogen) atoms. The van der Waals surface area contributed by atoms with Crippen LogP contribution in [0.5, 0.6) is 0 Å². The van der Waals surface area contributed by atoms with E-state index in [9.17, 15) is 18.5 Å². The summed E-state index contributed by atoms with van der Waals surface area (Å²) in [5.41, 5.74) is 5.44. The van der Waals surface area contributed by atoms with Crippen molar-refractivity contribution in [2.45, 2.75) is 0 Å². The van der Waals surface area contributed by atoms with E-state index in [2.05, 4.69) is 0 Å². The van der Waals surface area contributed by atoms with Crippen molar-refractivity contribution in [3.63, 3.8) is 0 Å². The number of para-hydroxylation sites is 2. The van der Waals surface area contributed by atoms with Gasteiger partial charge in [0.1, 0.15) is 16.1 Å². The van der Waals surface area contributed by atoms with Crippen molar-refractivity contribution >= 4 is 44.4 Å². The maximum atomic E-state index is 10.1. The second-order valence-corrected chi connectivity index (χ2v) is 6.01. The van der Waals surface area contributed by atoms with Crippen molar-refractivity contribution in [1.29, 1.82) is 0 Å². The molecule has 0 aliphatic carbocycles. The molecule has 1 rings (SSSR count). The Balaban J connectivity index is 0.000000325. The first-order valence-corrected chi connectivity index (χ1v) is 7.04. The van der Waals surface area contributed by atoms with Gasteiger partial charge in [-0.15, -0.1) is 23.2 Å². The zero-order valence-electron chi connectivity index (χ0n) is 8.55. The lowest BCUT2D eigenvalue weighted by molar-refractivity contribution is -0.383. The molecule has 1 aromatic rings. The molecule has 0 bridgehead atoms. The molecule has 0 unspecified atom stereocenters. The molecule has 6 nitrogen and oxygen atoms in total. The van der Waals surface area contributed by atoms with Crippen LogP contribution in [0.1, 0.15) is 0 Å². The summed E-state index contributed by atoms with van der Waals surface area (Å²) in [5.74, 6) is 0. The lowest BCUT2D eigenvalue weighted by Gasteiger charge is -1.92. The van der Waals surface area contributed by atoms with Crippen molar-refractivity contribution in [3.8, 4) is 0 Å². The van der Waals surface area contributed by atoms with Crippen LogP contribution in [0.3, 0.4) is 0 Å². The van der Waals surface area contributed by atoms with Crippen LogP contribution in [0.15, 0.2) is 24.3 Å². The van der Waals surface area contributed by atoms with E-state index >= 15 is 0 Å². The summed E-state index contributed by atoms with van der Waals surface area (Å²) in [6.45, 7) is 0. The van der Waals surface area contributed by atoms with Crippen molar-refractivity contribution in [1.82, 2.24) is 0 Å². The van der Waals surface area contributed by atoms with Gasteiger partial charge in [-0.3, -0.25) is 10.1 Å². The standard InChI is InChI=1S/C6H6N2O2.C2H4Cl2O2S/c7-5-3-1-2-4-6(5)8(9)10;3-1-7(5,6)2-4/h1-4H,7H2;1-2H2. The zero-order chi connectivity index (χ0) is 13.5. The molecule has 0 radical (unpaired) electrons. The number of hydrogen-bond acceptors (Lipinski definition) is 5. The van der Waals surface area contributed by atoms with Crippen LogP contribution in [-0.4, -0.2) is 23.8 Å². The maximum Gasteiger partial charge on any atom is 0.292 e. The Kier molecular flexibility index (Phi) is 6.86. The second kappa shape index (κ2) is 7.31. The summed E-state index contributed by atoms with van der Waals surface area (Å²) < 4.78 is 20.2. The van der Waals surface area contributed by atoms with E-state index in [4.69, 9.17) is 28.9 Å². The van der Waals surface area contributed by atoms with Crippen LogP contribution in [-0.2, 0) is 9.84 Å². The number of nitro benzene ring substituents is 1. The Hall–Kier alpha value is -1.05. The highest BCUT2D eigenvalue weighted by Gasteiger charge is 2.07. The molecule has 0 fully saturated rings. The third-order valence-corrected chi connectivity index (χ3v) is 4.13. The van der Waals surface area contributed by atoms with E-state index in [0.29, 0.717) is 0 Å². The molecule has 0 heterocycles. The average molecular weight is 301 g/mol. The topological polar surface area (TPSA) is 103 Å². The first kappa shape index (κ1) is 16.0. The predicted molar refractivity (Wildman–Crippen MR) is 67.9 cm³/mol. The normalized spacial score (nSPS) is 10.2. The van der Waals surface area contributed by atoms with Gasteiger partial charge in [0.05, 0.1) is 4.92 Å². The van der Waals surface area contributed by atoms with Crippen LogP contribution in [0.25, 0.3) is 0 Å². The predicted octanol–water partition coefficient (Wildman–Crippen LogP) is 1.97. The summed E-state index contributed by atoms with van der Waals surface area (Å²) in [4.78, 5) is 9.64. The fourth-order valence-corrected chi connectivity index (χ4v) is 1.44. The molecule has 0 aromatic heterocycles. The van der Waals surface area contributed by atoms with Crippen molar-refractivity contribution in [3.05, 3.63) is 34.4 Å². The Labute approximate surface area is 108 Å². The van der Waals surface area contributed by atoms with Gasteiger partial charge in [-0.1, -0.05) is 12.1 Å². The molecule has 0 amide bonds. The van der Waals surface area contributed by atoms with Gasteiger partial charge in [0, 0.05) is 6.07 Å². The number of halogens is 2. The summed E-state index contributed by atoms with van der Waals surface area (Å²) >= 11 is 9.84. The maximum absolute atomic E-state index is 10.1. The van der Waals surface area contributed by atoms with E-state index in [1.165, 1.54) is 12.1 Å². The number of nitrogens with two attached hydrogens (primary N) is 1. The first-order chi connectivity index (χ1) is 7.84. The molecule has 2 N–H and O–H groups in total. The molecule has 0 atom stereocenters. The number of sulfone groups is 1. The SMILES string of the molecule is Nc1ccccc1[N+](=O)[O-].O=S(=O)(CCl)CCl. The minimum absolute atomic E-state index is 0.0394. The number of alkyl halides is 2.